The molecule has 3 aromatic rings. The molecule has 0 spiro atoms. The quantitative estimate of drug-likeness (QED) is 0.238. The maximum Gasteiger partial charge on any atom is 0.270 e. The number of rotatable bonds is 10. The lowest BCUT2D eigenvalue weighted by molar-refractivity contribution is -0.613. The van der Waals surface area contributed by atoms with Crippen LogP contribution < -0.4 is 15.4 Å². The molecule has 2 amide bonds. The standard InChI is InChI=1S/C28H33FN6O3/c1-4-21-19(6-5-15-34(21)38)20-11-12-23(31-26(20)29)32-28(37)25(24(17-7-8-17)18-9-10-18)33-27(36)22-13-14-30-35(22)16(2)3/h5-6,11-18,24-25H,4,7-10H2,1-3H3,(H,33,36)(H,31,32,37)/t25-/m0/s1. The van der Waals surface area contributed by atoms with Crippen LogP contribution in [-0.2, 0) is 11.2 Å². The van der Waals surface area contributed by atoms with Gasteiger partial charge in [0.25, 0.3) is 5.91 Å². The molecular weight excluding hydrogens is 487 g/mol. The fraction of sp³-hybridized carbons (Fsp3) is 0.464. The van der Waals surface area contributed by atoms with Gasteiger partial charge in [-0.1, -0.05) is 6.92 Å². The number of carbonyl (C=O) groups excluding carboxylic acids is 2. The highest BCUT2D eigenvalue weighted by molar-refractivity contribution is 6.00. The smallest absolute Gasteiger partial charge is 0.270 e. The van der Waals surface area contributed by atoms with Gasteiger partial charge in [-0.3, -0.25) is 14.3 Å². The van der Waals surface area contributed by atoms with E-state index >= 15 is 4.39 Å². The van der Waals surface area contributed by atoms with Crippen molar-refractivity contribution in [1.29, 1.82) is 0 Å². The number of nitrogens with one attached hydrogen (secondary N) is 2. The average molecular weight is 521 g/mol. The highest BCUT2D eigenvalue weighted by Crippen LogP contribution is 2.51. The van der Waals surface area contributed by atoms with Crippen LogP contribution >= 0.6 is 0 Å². The van der Waals surface area contributed by atoms with Gasteiger partial charge in [0.05, 0.1) is 5.56 Å². The lowest BCUT2D eigenvalue weighted by Gasteiger charge is -2.27. The second-order valence-corrected chi connectivity index (χ2v) is 10.5. The molecule has 0 saturated heterocycles. The molecule has 0 radical (unpaired) electrons. The molecule has 3 aromatic heterocycles. The lowest BCUT2D eigenvalue weighted by Crippen LogP contribution is -2.50. The maximum atomic E-state index is 15.1. The van der Waals surface area contributed by atoms with Crippen LogP contribution in [0.1, 0.15) is 68.7 Å². The summed E-state index contributed by atoms with van der Waals surface area (Å²) in [5.41, 5.74) is 1.47. The van der Waals surface area contributed by atoms with Crippen molar-refractivity contribution in [3.63, 3.8) is 0 Å². The normalized spacial score (nSPS) is 16.1. The molecule has 9 nitrogen and oxygen atoms in total. The maximum absolute atomic E-state index is 15.1. The topological polar surface area (TPSA) is 116 Å². The van der Waals surface area contributed by atoms with E-state index in [4.69, 9.17) is 0 Å². The fourth-order valence-corrected chi connectivity index (χ4v) is 5.37. The van der Waals surface area contributed by atoms with Crippen LogP contribution in [0.2, 0.25) is 0 Å². The fourth-order valence-electron chi connectivity index (χ4n) is 5.37. The summed E-state index contributed by atoms with van der Waals surface area (Å²) in [5, 5.41) is 22.1. The molecule has 3 heterocycles. The minimum absolute atomic E-state index is 0.0136. The van der Waals surface area contributed by atoms with Crippen molar-refractivity contribution in [2.45, 2.75) is 65.0 Å². The summed E-state index contributed by atoms with van der Waals surface area (Å²) in [5.74, 6) is -0.733. The van der Waals surface area contributed by atoms with Gasteiger partial charge >= 0.3 is 0 Å². The number of hydrogen-bond donors (Lipinski definition) is 2. The molecule has 10 heteroatoms. The Morgan fingerprint density at radius 3 is 2.45 bits per heavy atom. The Hall–Kier alpha value is -3.82. The predicted octanol–water partition coefficient (Wildman–Crippen LogP) is 4.03. The highest BCUT2D eigenvalue weighted by atomic mass is 19.1. The first-order chi connectivity index (χ1) is 18.3. The summed E-state index contributed by atoms with van der Waals surface area (Å²) in [4.78, 5) is 30.9. The van der Waals surface area contributed by atoms with E-state index in [1.165, 1.54) is 18.3 Å². The number of hydrogen-bond acceptors (Lipinski definition) is 5. The van der Waals surface area contributed by atoms with Crippen molar-refractivity contribution in [2.24, 2.45) is 17.8 Å². The SMILES string of the molecule is CCc1c(-c2ccc(NC(=O)[C@@H](NC(=O)c3ccnn3C(C)C)C(C3CC3)C3CC3)nc2F)ccc[n+]1[O-]. The molecule has 5 rings (SSSR count). The van der Waals surface area contributed by atoms with E-state index in [9.17, 15) is 14.8 Å². The Labute approximate surface area is 221 Å². The van der Waals surface area contributed by atoms with Crippen LogP contribution in [0.25, 0.3) is 11.1 Å². The molecule has 2 aliphatic carbocycles. The monoisotopic (exact) mass is 520 g/mol. The summed E-state index contributed by atoms with van der Waals surface area (Å²) in [6, 6.07) is 7.13. The van der Waals surface area contributed by atoms with Crippen LogP contribution in [0.3, 0.4) is 0 Å². The van der Waals surface area contributed by atoms with Gasteiger partial charge in [0.15, 0.2) is 11.9 Å². The Bertz CT molecular complexity index is 1340. The molecule has 2 saturated carbocycles. The first kappa shape index (κ1) is 25.8. The van der Waals surface area contributed by atoms with E-state index in [0.29, 0.717) is 35.2 Å². The molecule has 2 aliphatic rings. The van der Waals surface area contributed by atoms with Crippen molar-refractivity contribution >= 4 is 17.6 Å². The summed E-state index contributed by atoms with van der Waals surface area (Å²) in [7, 11) is 0. The third kappa shape index (κ3) is 5.25. The molecule has 1 atom stereocenters. The predicted molar refractivity (Wildman–Crippen MR) is 139 cm³/mol. The van der Waals surface area contributed by atoms with E-state index in [1.54, 1.807) is 29.1 Å². The Balaban J connectivity index is 1.39. The summed E-state index contributed by atoms with van der Waals surface area (Å²) in [6.07, 6.45) is 7.50. The first-order valence-electron chi connectivity index (χ1n) is 13.3. The van der Waals surface area contributed by atoms with Crippen molar-refractivity contribution in [1.82, 2.24) is 20.1 Å². The molecule has 38 heavy (non-hydrogen) atoms. The van der Waals surface area contributed by atoms with E-state index in [2.05, 4.69) is 20.7 Å². The lowest BCUT2D eigenvalue weighted by atomic mass is 9.88. The van der Waals surface area contributed by atoms with Gasteiger partial charge in [-0.25, -0.2) is 4.98 Å². The van der Waals surface area contributed by atoms with Crippen molar-refractivity contribution in [3.8, 4) is 11.1 Å². The zero-order valence-corrected chi connectivity index (χ0v) is 21.9. The minimum Gasteiger partial charge on any atom is -0.618 e. The summed E-state index contributed by atoms with van der Waals surface area (Å²) >= 11 is 0. The first-order valence-corrected chi connectivity index (χ1v) is 13.3. The molecule has 0 aliphatic heterocycles. The van der Waals surface area contributed by atoms with Crippen molar-refractivity contribution < 1.29 is 18.7 Å². The molecule has 200 valence electrons. The Morgan fingerprint density at radius 2 is 1.84 bits per heavy atom. The van der Waals surface area contributed by atoms with Gasteiger partial charge in [-0.2, -0.15) is 14.2 Å². The van der Waals surface area contributed by atoms with Gasteiger partial charge in [-0.15, -0.1) is 0 Å². The average Bonchev–Trinajstić information content (AvgIpc) is 3.83. The minimum atomic E-state index is -0.786. The van der Waals surface area contributed by atoms with E-state index in [0.717, 1.165) is 30.4 Å². The Morgan fingerprint density at radius 1 is 1.13 bits per heavy atom. The second kappa shape index (κ2) is 10.5. The van der Waals surface area contributed by atoms with Crippen LogP contribution in [0.15, 0.2) is 42.7 Å². The zero-order chi connectivity index (χ0) is 27.0. The number of carbonyl (C=O) groups is 2. The highest BCUT2D eigenvalue weighted by Gasteiger charge is 2.48. The third-order valence-electron chi connectivity index (χ3n) is 7.47. The van der Waals surface area contributed by atoms with E-state index < -0.39 is 17.9 Å². The van der Waals surface area contributed by atoms with Gasteiger partial charge in [0, 0.05) is 30.3 Å². The van der Waals surface area contributed by atoms with Crippen LogP contribution in [0.5, 0.6) is 0 Å². The summed E-state index contributed by atoms with van der Waals surface area (Å²) in [6.45, 7) is 5.70. The van der Waals surface area contributed by atoms with Gasteiger partial charge in [0.1, 0.15) is 17.6 Å². The zero-order valence-electron chi connectivity index (χ0n) is 21.9. The third-order valence-corrected chi connectivity index (χ3v) is 7.47. The Kier molecular flexibility index (Phi) is 7.14. The molecule has 0 aromatic carbocycles. The van der Waals surface area contributed by atoms with Crippen LogP contribution in [0.4, 0.5) is 10.2 Å². The van der Waals surface area contributed by atoms with Gasteiger partial charge in [-0.05, 0) is 81.5 Å². The van der Waals surface area contributed by atoms with Gasteiger partial charge in [0.2, 0.25) is 11.9 Å². The molecule has 0 unspecified atom stereocenters. The molecule has 0 bridgehead atoms. The molecular formula is C28H33FN6O3. The number of amides is 2. The van der Waals surface area contributed by atoms with Crippen LogP contribution in [0, 0.1) is 28.9 Å². The van der Waals surface area contributed by atoms with E-state index in [-0.39, 0.29) is 29.2 Å². The number of anilines is 1. The molecule has 2 N–H and O–H groups in total. The number of pyridine rings is 2. The number of nitrogens with zero attached hydrogens (tertiary/aromatic N) is 4. The number of halogens is 1. The largest absolute Gasteiger partial charge is 0.618 e. The second-order valence-electron chi connectivity index (χ2n) is 10.5. The van der Waals surface area contributed by atoms with E-state index in [1.807, 2.05) is 20.8 Å². The van der Waals surface area contributed by atoms with Crippen LogP contribution in [-0.4, -0.2) is 32.6 Å². The molecule has 2 fully saturated rings. The summed E-state index contributed by atoms with van der Waals surface area (Å²) < 4.78 is 17.5. The number of aromatic nitrogens is 4. The van der Waals surface area contributed by atoms with Crippen molar-refractivity contribution in [3.05, 3.63) is 65.3 Å². The van der Waals surface area contributed by atoms with Gasteiger partial charge < -0.3 is 15.8 Å². The van der Waals surface area contributed by atoms with Crippen molar-refractivity contribution in [2.75, 3.05) is 5.32 Å².